The second-order valence-electron chi connectivity index (χ2n) is 5.37. The quantitative estimate of drug-likeness (QED) is 0.808. The van der Waals surface area contributed by atoms with Crippen LogP contribution in [0.3, 0.4) is 0 Å². The number of halogens is 1. The van der Waals surface area contributed by atoms with E-state index in [0.29, 0.717) is 12.8 Å². The molecule has 2 nitrogen and oxygen atoms in total. The molecule has 0 amide bonds. The maximum Gasteiger partial charge on any atom is 0.103 e. The first-order chi connectivity index (χ1) is 10.2. The van der Waals surface area contributed by atoms with Crippen LogP contribution in [0.15, 0.2) is 30.5 Å². The second kappa shape index (κ2) is 7.51. The number of benzene rings is 1. The van der Waals surface area contributed by atoms with Crippen LogP contribution in [0.5, 0.6) is 0 Å². The van der Waals surface area contributed by atoms with E-state index in [1.54, 1.807) is 0 Å². The van der Waals surface area contributed by atoms with Gasteiger partial charge in [-0.1, -0.05) is 38.1 Å². The Morgan fingerprint density at radius 2 is 1.76 bits per heavy atom. The molecule has 1 fully saturated rings. The third-order valence-corrected chi connectivity index (χ3v) is 3.99. The number of alkyl halides is 1. The van der Waals surface area contributed by atoms with Gasteiger partial charge in [0.15, 0.2) is 0 Å². The average Bonchev–Trinajstić information content (AvgIpc) is 2.54. The molecule has 0 saturated carbocycles. The van der Waals surface area contributed by atoms with Gasteiger partial charge in [0.05, 0.1) is 0 Å². The zero-order chi connectivity index (χ0) is 15.2. The number of piperidine rings is 1. The maximum atomic E-state index is 13.2. The van der Waals surface area contributed by atoms with Crippen molar-refractivity contribution in [3.63, 3.8) is 0 Å². The molecule has 0 bridgehead atoms. The SMILES string of the molecule is CC.Cc1ncc(CN2CCC(F)CC2)c2ccccc12. The standard InChI is InChI=1S/C16H19FN2.C2H6/c1-12-15-4-2-3-5-16(15)13(10-18-12)11-19-8-6-14(17)7-9-19;1-2/h2-5,10,14H,6-9,11H2,1H3;1-2H3. The number of hydrogen-bond donors (Lipinski definition) is 0. The molecule has 114 valence electrons. The molecule has 0 radical (unpaired) electrons. The number of hydrogen-bond acceptors (Lipinski definition) is 2. The summed E-state index contributed by atoms with van der Waals surface area (Å²) in [7, 11) is 0. The van der Waals surface area contributed by atoms with E-state index < -0.39 is 6.17 Å². The Kier molecular flexibility index (Phi) is 5.68. The van der Waals surface area contributed by atoms with Crippen LogP contribution in [-0.2, 0) is 6.54 Å². The molecule has 1 saturated heterocycles. The Bertz CT molecular complexity index is 574. The van der Waals surface area contributed by atoms with Gasteiger partial charge in [-0.05, 0) is 30.7 Å². The van der Waals surface area contributed by atoms with Gasteiger partial charge in [0.2, 0.25) is 0 Å². The summed E-state index contributed by atoms with van der Waals surface area (Å²) in [5.41, 5.74) is 2.32. The largest absolute Gasteiger partial charge is 0.299 e. The normalized spacial score (nSPS) is 16.6. The molecule has 2 aromatic rings. The van der Waals surface area contributed by atoms with Crippen LogP contribution in [0.2, 0.25) is 0 Å². The molecule has 2 heterocycles. The van der Waals surface area contributed by atoms with Crippen LogP contribution in [0, 0.1) is 6.92 Å². The molecule has 0 spiro atoms. The molecule has 0 unspecified atom stereocenters. The summed E-state index contributed by atoms with van der Waals surface area (Å²) in [5.74, 6) is 0. The monoisotopic (exact) mass is 288 g/mol. The van der Waals surface area contributed by atoms with Gasteiger partial charge in [0.1, 0.15) is 6.17 Å². The minimum absolute atomic E-state index is 0.607. The maximum absolute atomic E-state index is 13.2. The predicted octanol–water partition coefficient (Wildman–Crippen LogP) is 4.50. The topological polar surface area (TPSA) is 16.1 Å². The van der Waals surface area contributed by atoms with Crippen molar-refractivity contribution in [2.75, 3.05) is 13.1 Å². The third-order valence-electron chi connectivity index (χ3n) is 3.99. The van der Waals surface area contributed by atoms with Crippen LogP contribution < -0.4 is 0 Å². The van der Waals surface area contributed by atoms with E-state index in [-0.39, 0.29) is 0 Å². The van der Waals surface area contributed by atoms with Crippen LogP contribution >= 0.6 is 0 Å². The highest BCUT2D eigenvalue weighted by atomic mass is 19.1. The summed E-state index contributed by atoms with van der Waals surface area (Å²) in [6.07, 6.45) is 2.69. The second-order valence-corrected chi connectivity index (χ2v) is 5.37. The highest BCUT2D eigenvalue weighted by molar-refractivity contribution is 5.87. The summed E-state index contributed by atoms with van der Waals surface area (Å²) in [4.78, 5) is 6.82. The summed E-state index contributed by atoms with van der Waals surface area (Å²) < 4.78 is 13.2. The van der Waals surface area contributed by atoms with Crippen LogP contribution in [0.1, 0.15) is 37.9 Å². The number of fused-ring (bicyclic) bond motifs is 1. The molecule has 3 heteroatoms. The number of aryl methyl sites for hydroxylation is 1. The van der Waals surface area contributed by atoms with Crippen LogP contribution in [-0.4, -0.2) is 29.1 Å². The fourth-order valence-corrected chi connectivity index (χ4v) is 2.82. The van der Waals surface area contributed by atoms with Gasteiger partial charge >= 0.3 is 0 Å². The van der Waals surface area contributed by atoms with Crippen molar-refractivity contribution < 1.29 is 4.39 Å². The summed E-state index contributed by atoms with van der Waals surface area (Å²) in [6, 6.07) is 8.39. The molecule has 1 aliphatic heterocycles. The van der Waals surface area contributed by atoms with E-state index in [2.05, 4.69) is 34.1 Å². The van der Waals surface area contributed by atoms with Crippen molar-refractivity contribution in [3.8, 4) is 0 Å². The zero-order valence-corrected chi connectivity index (χ0v) is 13.3. The third kappa shape index (κ3) is 3.79. The number of likely N-dealkylation sites (tertiary alicyclic amines) is 1. The summed E-state index contributed by atoms with van der Waals surface area (Å²) in [6.45, 7) is 8.62. The number of aromatic nitrogens is 1. The minimum Gasteiger partial charge on any atom is -0.299 e. The molecule has 3 rings (SSSR count). The van der Waals surface area contributed by atoms with Gasteiger partial charge in [-0.15, -0.1) is 0 Å². The summed E-state index contributed by atoms with van der Waals surface area (Å²) >= 11 is 0. The van der Waals surface area contributed by atoms with Gasteiger partial charge in [-0.2, -0.15) is 0 Å². The number of pyridine rings is 1. The van der Waals surface area contributed by atoms with Gasteiger partial charge < -0.3 is 0 Å². The smallest absolute Gasteiger partial charge is 0.103 e. The summed E-state index contributed by atoms with van der Waals surface area (Å²) in [5, 5.41) is 2.50. The lowest BCUT2D eigenvalue weighted by molar-refractivity contribution is 0.145. The number of rotatable bonds is 2. The molecule has 0 N–H and O–H groups in total. The fraction of sp³-hybridized carbons (Fsp3) is 0.500. The first-order valence-corrected chi connectivity index (χ1v) is 7.93. The van der Waals surface area contributed by atoms with Crippen molar-refractivity contribution >= 4 is 10.8 Å². The molecular weight excluding hydrogens is 263 g/mol. The molecule has 1 aliphatic rings. The van der Waals surface area contributed by atoms with E-state index in [9.17, 15) is 4.39 Å². The van der Waals surface area contributed by atoms with Crippen molar-refractivity contribution in [3.05, 3.63) is 41.7 Å². The lowest BCUT2D eigenvalue weighted by Gasteiger charge is -2.28. The van der Waals surface area contributed by atoms with Gasteiger partial charge in [0, 0.05) is 36.9 Å². The lowest BCUT2D eigenvalue weighted by atomic mass is 10.0. The highest BCUT2D eigenvalue weighted by Gasteiger charge is 2.19. The Balaban J connectivity index is 0.000000774. The van der Waals surface area contributed by atoms with Crippen LogP contribution in [0.25, 0.3) is 10.8 Å². The first kappa shape index (κ1) is 15.9. The predicted molar refractivity (Wildman–Crippen MR) is 87.2 cm³/mol. The first-order valence-electron chi connectivity index (χ1n) is 7.93. The highest BCUT2D eigenvalue weighted by Crippen LogP contribution is 2.23. The fourth-order valence-electron chi connectivity index (χ4n) is 2.82. The molecule has 0 atom stereocenters. The zero-order valence-electron chi connectivity index (χ0n) is 13.3. The Hall–Kier alpha value is -1.48. The van der Waals surface area contributed by atoms with Crippen LogP contribution in [0.4, 0.5) is 4.39 Å². The van der Waals surface area contributed by atoms with Gasteiger partial charge in [-0.25, -0.2) is 4.39 Å². The van der Waals surface area contributed by atoms with E-state index >= 15 is 0 Å². The van der Waals surface area contributed by atoms with E-state index in [1.807, 2.05) is 27.0 Å². The Morgan fingerprint density at radius 1 is 1.14 bits per heavy atom. The van der Waals surface area contributed by atoms with Gasteiger partial charge in [-0.3, -0.25) is 9.88 Å². The molecular formula is C18H25FN2. The van der Waals surface area contributed by atoms with E-state index in [1.165, 1.54) is 16.3 Å². The molecule has 1 aromatic carbocycles. The van der Waals surface area contributed by atoms with Crippen molar-refractivity contribution in [1.82, 2.24) is 9.88 Å². The average molecular weight is 288 g/mol. The molecule has 1 aromatic heterocycles. The molecule has 21 heavy (non-hydrogen) atoms. The minimum atomic E-state index is -0.607. The number of nitrogens with zero attached hydrogens (tertiary/aromatic N) is 2. The van der Waals surface area contributed by atoms with Gasteiger partial charge in [0.25, 0.3) is 0 Å². The molecule has 0 aliphatic carbocycles. The van der Waals surface area contributed by atoms with Crippen molar-refractivity contribution in [1.29, 1.82) is 0 Å². The van der Waals surface area contributed by atoms with Crippen molar-refractivity contribution in [2.45, 2.75) is 46.3 Å². The van der Waals surface area contributed by atoms with Crippen molar-refractivity contribution in [2.24, 2.45) is 0 Å². The Morgan fingerprint density at radius 3 is 2.43 bits per heavy atom. The van der Waals surface area contributed by atoms with E-state index in [0.717, 1.165) is 25.3 Å². The Labute approximate surface area is 127 Å². The van der Waals surface area contributed by atoms with E-state index in [4.69, 9.17) is 0 Å². The lowest BCUT2D eigenvalue weighted by Crippen LogP contribution is -2.33.